The van der Waals surface area contributed by atoms with Gasteiger partial charge in [0.1, 0.15) is 0 Å². The quantitative estimate of drug-likeness (QED) is 0.833. The number of rotatable bonds is 4. The minimum absolute atomic E-state index is 0.267. The molecule has 16 heavy (non-hydrogen) atoms. The number of hydrogen-bond donors (Lipinski definition) is 2. The molecule has 2 N–H and O–H groups in total. The van der Waals surface area contributed by atoms with Gasteiger partial charge in [-0.3, -0.25) is 4.68 Å². The molecule has 1 heterocycles. The van der Waals surface area contributed by atoms with Crippen LogP contribution in [-0.2, 0) is 13.5 Å². The Morgan fingerprint density at radius 1 is 1.50 bits per heavy atom. The van der Waals surface area contributed by atoms with E-state index in [2.05, 4.69) is 5.10 Å². The molecule has 1 aliphatic carbocycles. The highest BCUT2D eigenvalue weighted by atomic mass is 35.5. The van der Waals surface area contributed by atoms with Crippen molar-refractivity contribution in [1.29, 1.82) is 0 Å². The third-order valence-electron chi connectivity index (χ3n) is 3.16. The zero-order chi connectivity index (χ0) is 11.9. The van der Waals surface area contributed by atoms with E-state index in [1.165, 1.54) is 0 Å². The minimum atomic E-state index is -0.750. The zero-order valence-corrected chi connectivity index (χ0v) is 10.3. The number of hydrogen-bond acceptors (Lipinski definition) is 3. The summed E-state index contributed by atoms with van der Waals surface area (Å²) >= 11 is 6.08. The normalized spacial score (nSPS) is 19.8. The van der Waals surface area contributed by atoms with E-state index in [4.69, 9.17) is 11.6 Å². The van der Waals surface area contributed by atoms with Crippen LogP contribution in [0.5, 0.6) is 0 Å². The summed E-state index contributed by atoms with van der Waals surface area (Å²) in [7, 11) is 1.80. The summed E-state index contributed by atoms with van der Waals surface area (Å²) in [6, 6.07) is 0. The standard InChI is InChI=1S/C11H17ClN2O2/c1-6-10(12)8(14(2)13-6)5-9(15)11(16)7-3-4-7/h7,9,11,15-16H,3-5H2,1-2H3. The first-order valence-electron chi connectivity index (χ1n) is 5.54. The molecule has 1 fully saturated rings. The Bertz CT molecular complexity index is 388. The predicted molar refractivity (Wildman–Crippen MR) is 61.4 cm³/mol. The first-order chi connectivity index (χ1) is 7.50. The molecule has 1 saturated carbocycles. The molecule has 0 radical (unpaired) electrons. The highest BCUT2D eigenvalue weighted by Gasteiger charge is 2.35. The van der Waals surface area contributed by atoms with Crippen LogP contribution < -0.4 is 0 Å². The highest BCUT2D eigenvalue weighted by molar-refractivity contribution is 6.31. The molecular weight excluding hydrogens is 228 g/mol. The third kappa shape index (κ3) is 2.24. The lowest BCUT2D eigenvalue weighted by Crippen LogP contribution is -2.30. The summed E-state index contributed by atoms with van der Waals surface area (Å²) in [6.07, 6.45) is 0.992. The van der Waals surface area contributed by atoms with Gasteiger partial charge in [-0.2, -0.15) is 5.10 Å². The first kappa shape index (κ1) is 11.9. The molecule has 0 bridgehead atoms. The third-order valence-corrected chi connectivity index (χ3v) is 3.65. The van der Waals surface area contributed by atoms with Gasteiger partial charge in [0.25, 0.3) is 0 Å². The summed E-state index contributed by atoms with van der Waals surface area (Å²) in [5.41, 5.74) is 1.54. The number of nitrogens with zero attached hydrogens (tertiary/aromatic N) is 2. The van der Waals surface area contributed by atoms with Crippen LogP contribution in [0.3, 0.4) is 0 Å². The van der Waals surface area contributed by atoms with Crippen LogP contribution in [0.1, 0.15) is 24.2 Å². The van der Waals surface area contributed by atoms with Crippen molar-refractivity contribution < 1.29 is 10.2 Å². The van der Waals surface area contributed by atoms with E-state index < -0.39 is 12.2 Å². The van der Waals surface area contributed by atoms with Crippen LogP contribution in [0, 0.1) is 12.8 Å². The molecule has 0 saturated heterocycles. The van der Waals surface area contributed by atoms with Crippen molar-refractivity contribution in [3.63, 3.8) is 0 Å². The molecule has 2 unspecified atom stereocenters. The first-order valence-corrected chi connectivity index (χ1v) is 5.92. The van der Waals surface area contributed by atoms with E-state index in [0.29, 0.717) is 11.4 Å². The van der Waals surface area contributed by atoms with Gasteiger partial charge >= 0.3 is 0 Å². The van der Waals surface area contributed by atoms with E-state index in [1.807, 2.05) is 6.92 Å². The van der Waals surface area contributed by atoms with Crippen LogP contribution in [0.4, 0.5) is 0 Å². The monoisotopic (exact) mass is 244 g/mol. The Kier molecular flexibility index (Phi) is 3.24. The van der Waals surface area contributed by atoms with Crippen molar-refractivity contribution in [2.75, 3.05) is 0 Å². The summed E-state index contributed by atoms with van der Waals surface area (Å²) in [5.74, 6) is 0.267. The van der Waals surface area contributed by atoms with Crippen molar-refractivity contribution in [3.8, 4) is 0 Å². The van der Waals surface area contributed by atoms with Gasteiger partial charge in [0.15, 0.2) is 0 Å². The lowest BCUT2D eigenvalue weighted by Gasteiger charge is -2.17. The number of aliphatic hydroxyl groups is 2. The van der Waals surface area contributed by atoms with Gasteiger partial charge in [-0.15, -0.1) is 0 Å². The smallest absolute Gasteiger partial charge is 0.0857 e. The molecule has 1 aliphatic rings. The summed E-state index contributed by atoms with van der Waals surface area (Å²) in [6.45, 7) is 1.83. The van der Waals surface area contributed by atoms with Gasteiger partial charge in [-0.1, -0.05) is 11.6 Å². The van der Waals surface area contributed by atoms with Crippen LogP contribution in [0.2, 0.25) is 5.02 Å². The average Bonchev–Trinajstić information content (AvgIpc) is 3.03. The van der Waals surface area contributed by atoms with Gasteiger partial charge in [-0.05, 0) is 25.7 Å². The maximum absolute atomic E-state index is 9.89. The molecule has 0 aromatic carbocycles. The van der Waals surface area contributed by atoms with Gasteiger partial charge in [0.05, 0.1) is 28.6 Å². The van der Waals surface area contributed by atoms with E-state index in [0.717, 1.165) is 24.2 Å². The van der Waals surface area contributed by atoms with Gasteiger partial charge in [0, 0.05) is 13.5 Å². The maximum atomic E-state index is 9.89. The fraction of sp³-hybridized carbons (Fsp3) is 0.727. The van der Waals surface area contributed by atoms with Gasteiger partial charge < -0.3 is 10.2 Å². The largest absolute Gasteiger partial charge is 0.390 e. The van der Waals surface area contributed by atoms with Gasteiger partial charge in [-0.25, -0.2) is 0 Å². The lowest BCUT2D eigenvalue weighted by molar-refractivity contribution is 0.00579. The maximum Gasteiger partial charge on any atom is 0.0857 e. The van der Waals surface area contributed by atoms with Crippen molar-refractivity contribution in [1.82, 2.24) is 9.78 Å². The fourth-order valence-corrected chi connectivity index (χ4v) is 2.21. The molecular formula is C11H17ClN2O2. The summed E-state index contributed by atoms with van der Waals surface area (Å²) in [4.78, 5) is 0. The van der Waals surface area contributed by atoms with E-state index in [9.17, 15) is 10.2 Å². The Balaban J connectivity index is 2.07. The molecule has 90 valence electrons. The Morgan fingerprint density at radius 3 is 2.56 bits per heavy atom. The highest BCUT2D eigenvalue weighted by Crippen LogP contribution is 2.35. The molecule has 0 amide bonds. The number of aliphatic hydroxyl groups excluding tert-OH is 2. The van der Waals surface area contributed by atoms with Crippen molar-refractivity contribution in [2.45, 2.75) is 38.4 Å². The SMILES string of the molecule is Cc1nn(C)c(CC(O)C(O)C2CC2)c1Cl. The molecule has 2 rings (SSSR count). The van der Waals surface area contributed by atoms with Crippen LogP contribution in [0.15, 0.2) is 0 Å². The Hall–Kier alpha value is -0.580. The topological polar surface area (TPSA) is 58.3 Å². The van der Waals surface area contributed by atoms with Crippen LogP contribution in [0.25, 0.3) is 0 Å². The molecule has 2 atom stereocenters. The number of halogens is 1. The van der Waals surface area contributed by atoms with Gasteiger partial charge in [0.2, 0.25) is 0 Å². The zero-order valence-electron chi connectivity index (χ0n) is 9.52. The molecule has 1 aromatic rings. The van der Waals surface area contributed by atoms with Crippen molar-refractivity contribution >= 4 is 11.6 Å². The average molecular weight is 245 g/mol. The Morgan fingerprint density at radius 2 is 2.12 bits per heavy atom. The van der Waals surface area contributed by atoms with Crippen molar-refractivity contribution in [2.24, 2.45) is 13.0 Å². The second-order valence-corrected chi connectivity index (χ2v) is 4.95. The van der Waals surface area contributed by atoms with Crippen molar-refractivity contribution in [3.05, 3.63) is 16.4 Å². The second-order valence-electron chi connectivity index (χ2n) is 4.57. The summed E-state index contributed by atoms with van der Waals surface area (Å²) < 4.78 is 1.67. The molecule has 0 spiro atoms. The Labute approximate surface area is 99.8 Å². The number of aryl methyl sites for hydroxylation is 2. The molecule has 4 nitrogen and oxygen atoms in total. The summed E-state index contributed by atoms with van der Waals surface area (Å²) in [5, 5.41) is 24.4. The molecule has 5 heteroatoms. The molecule has 1 aromatic heterocycles. The van der Waals surface area contributed by atoms with E-state index in [-0.39, 0.29) is 5.92 Å². The number of aromatic nitrogens is 2. The van der Waals surface area contributed by atoms with E-state index in [1.54, 1.807) is 11.7 Å². The fourth-order valence-electron chi connectivity index (χ4n) is 1.97. The lowest BCUT2D eigenvalue weighted by atomic mass is 10.0. The molecule has 0 aliphatic heterocycles. The predicted octanol–water partition coefficient (Wildman–Crippen LogP) is 1.06. The second kappa shape index (κ2) is 4.35. The van der Waals surface area contributed by atoms with Crippen LogP contribution in [-0.4, -0.2) is 32.2 Å². The van der Waals surface area contributed by atoms with Crippen LogP contribution >= 0.6 is 11.6 Å². The van der Waals surface area contributed by atoms with E-state index >= 15 is 0 Å². The minimum Gasteiger partial charge on any atom is -0.390 e.